The number of nitrogens with zero attached hydrogens (tertiary/aromatic N) is 1. The SMILES string of the molecule is CC(=O)N1c2ccc(-c3ccc(CC(=O)NCCNC(=O)OC(C)(C)C)cc3)cc2[C@H](NC(=O)O)C[C@@H]1C. The summed E-state index contributed by atoms with van der Waals surface area (Å²) < 4.78 is 5.15. The van der Waals surface area contributed by atoms with Crippen molar-refractivity contribution in [3.8, 4) is 11.1 Å². The van der Waals surface area contributed by atoms with Gasteiger partial charge in [0.25, 0.3) is 0 Å². The summed E-state index contributed by atoms with van der Waals surface area (Å²) in [4.78, 5) is 49.3. The van der Waals surface area contributed by atoms with Crippen LogP contribution in [-0.2, 0) is 20.7 Å². The number of carbonyl (C=O) groups is 4. The van der Waals surface area contributed by atoms with Crippen molar-refractivity contribution in [3.05, 3.63) is 53.6 Å². The molecule has 0 radical (unpaired) electrons. The van der Waals surface area contributed by atoms with Gasteiger partial charge in [0.15, 0.2) is 0 Å². The van der Waals surface area contributed by atoms with Crippen LogP contribution in [0.4, 0.5) is 15.3 Å². The second kappa shape index (κ2) is 12.0. The smallest absolute Gasteiger partial charge is 0.407 e. The zero-order valence-electron chi connectivity index (χ0n) is 22.5. The van der Waals surface area contributed by atoms with Gasteiger partial charge in [-0.1, -0.05) is 30.3 Å². The minimum Gasteiger partial charge on any atom is -0.465 e. The van der Waals surface area contributed by atoms with Gasteiger partial charge in [-0.25, -0.2) is 9.59 Å². The van der Waals surface area contributed by atoms with Crippen LogP contribution >= 0.6 is 0 Å². The van der Waals surface area contributed by atoms with E-state index in [2.05, 4.69) is 16.0 Å². The summed E-state index contributed by atoms with van der Waals surface area (Å²) in [5.41, 5.74) is 3.48. The van der Waals surface area contributed by atoms with Crippen molar-refractivity contribution in [2.45, 2.75) is 65.1 Å². The number of amides is 4. The van der Waals surface area contributed by atoms with Gasteiger partial charge in [0.05, 0.1) is 12.5 Å². The number of hydrogen-bond acceptors (Lipinski definition) is 5. The molecule has 38 heavy (non-hydrogen) atoms. The first-order valence-electron chi connectivity index (χ1n) is 12.6. The summed E-state index contributed by atoms with van der Waals surface area (Å²) >= 11 is 0. The molecule has 0 saturated heterocycles. The number of anilines is 1. The van der Waals surface area contributed by atoms with Crippen LogP contribution in [-0.4, -0.2) is 53.8 Å². The second-order valence-electron chi connectivity index (χ2n) is 10.4. The Balaban J connectivity index is 1.64. The zero-order chi connectivity index (χ0) is 28.0. The van der Waals surface area contributed by atoms with Crippen LogP contribution in [0.2, 0.25) is 0 Å². The van der Waals surface area contributed by atoms with Gasteiger partial charge in [-0.05, 0) is 68.5 Å². The average Bonchev–Trinajstić information content (AvgIpc) is 2.80. The van der Waals surface area contributed by atoms with E-state index in [0.717, 1.165) is 22.3 Å². The maximum Gasteiger partial charge on any atom is 0.407 e. The first-order valence-corrected chi connectivity index (χ1v) is 12.6. The number of carbonyl (C=O) groups excluding carboxylic acids is 3. The van der Waals surface area contributed by atoms with Crippen molar-refractivity contribution in [2.75, 3.05) is 18.0 Å². The topological polar surface area (TPSA) is 137 Å². The molecule has 3 rings (SSSR count). The molecule has 1 aliphatic heterocycles. The highest BCUT2D eigenvalue weighted by atomic mass is 16.6. The molecule has 1 aliphatic rings. The van der Waals surface area contributed by atoms with E-state index in [9.17, 15) is 24.3 Å². The van der Waals surface area contributed by atoms with E-state index >= 15 is 0 Å². The Morgan fingerprint density at radius 3 is 2.24 bits per heavy atom. The fraction of sp³-hybridized carbons (Fsp3) is 0.429. The van der Waals surface area contributed by atoms with Crippen molar-refractivity contribution in [1.82, 2.24) is 16.0 Å². The fourth-order valence-electron chi connectivity index (χ4n) is 4.55. The molecule has 0 fully saturated rings. The molecule has 1 heterocycles. The molecule has 0 bridgehead atoms. The predicted octanol–water partition coefficient (Wildman–Crippen LogP) is 3.99. The van der Waals surface area contributed by atoms with E-state index in [1.165, 1.54) is 6.92 Å². The predicted molar refractivity (Wildman–Crippen MR) is 144 cm³/mol. The second-order valence-corrected chi connectivity index (χ2v) is 10.4. The minimum absolute atomic E-state index is 0.0940. The highest BCUT2D eigenvalue weighted by molar-refractivity contribution is 5.94. The number of alkyl carbamates (subject to hydrolysis) is 1. The molecule has 10 nitrogen and oxygen atoms in total. The highest BCUT2D eigenvalue weighted by Gasteiger charge is 2.33. The maximum absolute atomic E-state index is 12.3. The number of benzene rings is 2. The number of hydrogen-bond donors (Lipinski definition) is 4. The number of rotatable bonds is 7. The zero-order valence-corrected chi connectivity index (χ0v) is 22.5. The van der Waals surface area contributed by atoms with Gasteiger partial charge in [-0.15, -0.1) is 0 Å². The van der Waals surface area contributed by atoms with Crippen molar-refractivity contribution in [3.63, 3.8) is 0 Å². The van der Waals surface area contributed by atoms with Crippen LogP contribution in [0.15, 0.2) is 42.5 Å². The van der Waals surface area contributed by atoms with Crippen LogP contribution < -0.4 is 20.9 Å². The molecule has 0 aliphatic carbocycles. The lowest BCUT2D eigenvalue weighted by Gasteiger charge is -2.39. The fourth-order valence-corrected chi connectivity index (χ4v) is 4.55. The Kier molecular flexibility index (Phi) is 8.98. The molecule has 0 saturated carbocycles. The van der Waals surface area contributed by atoms with Crippen molar-refractivity contribution in [2.24, 2.45) is 0 Å². The molecule has 2 atom stereocenters. The van der Waals surface area contributed by atoms with Crippen LogP contribution in [0.25, 0.3) is 11.1 Å². The van der Waals surface area contributed by atoms with E-state index < -0.39 is 23.8 Å². The van der Waals surface area contributed by atoms with Gasteiger partial charge in [0.1, 0.15) is 5.60 Å². The molecular weight excluding hydrogens is 488 g/mol. The van der Waals surface area contributed by atoms with Crippen LogP contribution in [0.3, 0.4) is 0 Å². The summed E-state index contributed by atoms with van der Waals surface area (Å²) in [5, 5.41) is 17.3. The summed E-state index contributed by atoms with van der Waals surface area (Å²) in [6.45, 7) is 9.29. The Bertz CT molecular complexity index is 1190. The lowest BCUT2D eigenvalue weighted by atomic mass is 9.89. The summed E-state index contributed by atoms with van der Waals surface area (Å²) in [7, 11) is 0. The molecule has 2 aromatic rings. The molecule has 4 amide bonds. The van der Waals surface area contributed by atoms with E-state index in [-0.39, 0.29) is 37.4 Å². The molecule has 4 N–H and O–H groups in total. The Labute approximate surface area is 222 Å². The number of ether oxygens (including phenoxy) is 1. The lowest BCUT2D eigenvalue weighted by Crippen LogP contribution is -2.45. The van der Waals surface area contributed by atoms with E-state index in [1.54, 1.807) is 25.7 Å². The summed E-state index contributed by atoms with van der Waals surface area (Å²) in [6, 6.07) is 12.6. The van der Waals surface area contributed by atoms with Gasteiger partial charge in [-0.2, -0.15) is 0 Å². The minimum atomic E-state index is -1.11. The normalized spacial score (nSPS) is 16.7. The standard InChI is InChI=1S/C28H36N4O6/c1-17-14-23(31-26(35)36)22-16-21(10-11-24(22)32(17)18(2)33)20-8-6-19(7-9-20)15-25(34)29-12-13-30-27(37)38-28(3,4)5/h6-11,16-17,23,31H,12-15H2,1-5H3,(H,29,34)(H,30,37)(H,35,36)/t17-,23+/m0/s1. The molecule has 0 aromatic heterocycles. The monoisotopic (exact) mass is 524 g/mol. The highest BCUT2D eigenvalue weighted by Crippen LogP contribution is 2.39. The van der Waals surface area contributed by atoms with Crippen molar-refractivity contribution >= 4 is 29.7 Å². The number of nitrogens with one attached hydrogen (secondary N) is 3. The van der Waals surface area contributed by atoms with Gasteiger partial charge in [0, 0.05) is 31.7 Å². The quantitative estimate of drug-likeness (QED) is 0.404. The summed E-state index contributed by atoms with van der Waals surface area (Å²) in [5.74, 6) is -0.262. The van der Waals surface area contributed by atoms with Gasteiger partial charge < -0.3 is 30.7 Å². The van der Waals surface area contributed by atoms with E-state index in [4.69, 9.17) is 4.74 Å². The van der Waals surface area contributed by atoms with Gasteiger partial charge >= 0.3 is 12.2 Å². The maximum atomic E-state index is 12.3. The lowest BCUT2D eigenvalue weighted by molar-refractivity contribution is -0.120. The molecule has 204 valence electrons. The van der Waals surface area contributed by atoms with Crippen molar-refractivity contribution < 1.29 is 29.0 Å². The largest absolute Gasteiger partial charge is 0.465 e. The molecular formula is C28H36N4O6. The van der Waals surface area contributed by atoms with Crippen LogP contribution in [0.1, 0.15) is 58.2 Å². The first-order chi connectivity index (χ1) is 17.8. The van der Waals surface area contributed by atoms with Crippen LogP contribution in [0, 0.1) is 0 Å². The number of fused-ring (bicyclic) bond motifs is 1. The molecule has 0 spiro atoms. The Morgan fingerprint density at radius 2 is 1.63 bits per heavy atom. The summed E-state index contributed by atoms with van der Waals surface area (Å²) in [6.07, 6.45) is -0.979. The molecule has 0 unspecified atom stereocenters. The third-order valence-electron chi connectivity index (χ3n) is 6.08. The van der Waals surface area contributed by atoms with Crippen LogP contribution in [0.5, 0.6) is 0 Å². The van der Waals surface area contributed by atoms with Gasteiger partial charge in [-0.3, -0.25) is 9.59 Å². The molecule has 10 heteroatoms. The first kappa shape index (κ1) is 28.5. The average molecular weight is 525 g/mol. The number of carboxylic acid groups (broad SMARTS) is 1. The van der Waals surface area contributed by atoms with Crippen molar-refractivity contribution in [1.29, 1.82) is 0 Å². The Morgan fingerprint density at radius 1 is 1.00 bits per heavy atom. The third-order valence-corrected chi connectivity index (χ3v) is 6.08. The van der Waals surface area contributed by atoms with E-state index in [1.807, 2.05) is 49.4 Å². The third kappa shape index (κ3) is 7.71. The Hall–Kier alpha value is -4.08. The molecule has 2 aromatic carbocycles. The van der Waals surface area contributed by atoms with E-state index in [0.29, 0.717) is 12.1 Å². The van der Waals surface area contributed by atoms with Gasteiger partial charge in [0.2, 0.25) is 11.8 Å².